The molecule has 0 aliphatic rings. The first-order valence-electron chi connectivity index (χ1n) is 3.44. The van der Waals surface area contributed by atoms with Crippen LogP contribution in [0.15, 0.2) is 23.1 Å². The average Bonchev–Trinajstić information content (AvgIpc) is 2.00. The van der Waals surface area contributed by atoms with Gasteiger partial charge in [-0.1, -0.05) is 11.6 Å². The molecule has 0 aliphatic carbocycles. The summed E-state index contributed by atoms with van der Waals surface area (Å²) in [6, 6.07) is 1.39. The van der Waals surface area contributed by atoms with Crippen molar-refractivity contribution in [2.45, 2.75) is 11.1 Å². The lowest BCUT2D eigenvalue weighted by Gasteiger charge is -2.07. The Morgan fingerprint density at radius 1 is 1.20 bits per heavy atom. The predicted molar refractivity (Wildman–Crippen MR) is 44.7 cm³/mol. The van der Waals surface area contributed by atoms with Gasteiger partial charge in [-0.25, -0.2) is 0 Å². The fourth-order valence-electron chi connectivity index (χ4n) is 0.867. The van der Waals surface area contributed by atoms with Crippen LogP contribution in [0.1, 0.15) is 5.56 Å². The normalized spacial score (nSPS) is 12.9. The maximum atomic E-state index is 12.5. The van der Waals surface area contributed by atoms with Crippen LogP contribution in [0.5, 0.6) is 0 Å². The molecular formula is C7H3ClF4O2S. The highest BCUT2D eigenvalue weighted by molar-refractivity contribution is 7.86. The van der Waals surface area contributed by atoms with E-state index in [1.165, 1.54) is 0 Å². The summed E-state index contributed by atoms with van der Waals surface area (Å²) in [4.78, 5) is -1.18. The zero-order valence-corrected chi connectivity index (χ0v) is 8.42. The van der Waals surface area contributed by atoms with Crippen LogP contribution < -0.4 is 0 Å². The highest BCUT2D eigenvalue weighted by atomic mass is 35.5. The number of halogens is 5. The lowest BCUT2D eigenvalue weighted by molar-refractivity contribution is -0.137. The molecule has 1 rings (SSSR count). The van der Waals surface area contributed by atoms with Gasteiger partial charge in [0.05, 0.1) is 10.6 Å². The number of benzene rings is 1. The summed E-state index contributed by atoms with van der Waals surface area (Å²) in [6.07, 6.45) is -4.75. The number of hydrogen-bond donors (Lipinski definition) is 0. The number of rotatable bonds is 1. The summed E-state index contributed by atoms with van der Waals surface area (Å²) in [5, 5.41) is -0.592. The van der Waals surface area contributed by atoms with E-state index in [4.69, 9.17) is 11.6 Å². The second kappa shape index (κ2) is 3.64. The van der Waals surface area contributed by atoms with Gasteiger partial charge in [0.2, 0.25) is 0 Å². The van der Waals surface area contributed by atoms with Crippen molar-refractivity contribution < 1.29 is 25.5 Å². The topological polar surface area (TPSA) is 34.1 Å². The van der Waals surface area contributed by atoms with E-state index >= 15 is 0 Å². The van der Waals surface area contributed by atoms with E-state index in [-0.39, 0.29) is 6.07 Å². The van der Waals surface area contributed by atoms with Gasteiger partial charge in [-0.05, 0) is 18.2 Å². The Morgan fingerprint density at radius 2 is 1.73 bits per heavy atom. The molecule has 1 aromatic carbocycles. The molecule has 0 heterocycles. The average molecular weight is 263 g/mol. The first-order valence-corrected chi connectivity index (χ1v) is 5.20. The van der Waals surface area contributed by atoms with Crippen LogP contribution in [0.4, 0.5) is 17.1 Å². The quantitative estimate of drug-likeness (QED) is 0.576. The van der Waals surface area contributed by atoms with Crippen LogP contribution in [0.2, 0.25) is 5.02 Å². The van der Waals surface area contributed by atoms with Crippen LogP contribution in [0.25, 0.3) is 0 Å². The standard InChI is InChI=1S/C7H3ClF4O2S/c8-5-2-1-4(7(9,10)11)3-6(5)15(12,13)14/h1-3H. The van der Waals surface area contributed by atoms with Crippen molar-refractivity contribution in [2.24, 2.45) is 0 Å². The molecule has 2 nitrogen and oxygen atoms in total. The summed E-state index contributed by atoms with van der Waals surface area (Å²) < 4.78 is 69.7. The van der Waals surface area contributed by atoms with Gasteiger partial charge >= 0.3 is 16.4 Å². The molecule has 0 amide bonds. The van der Waals surface area contributed by atoms with E-state index in [9.17, 15) is 25.5 Å². The highest BCUT2D eigenvalue weighted by Crippen LogP contribution is 2.33. The minimum atomic E-state index is -5.25. The smallest absolute Gasteiger partial charge is 0.189 e. The van der Waals surface area contributed by atoms with Gasteiger partial charge in [0, 0.05) is 0 Å². The Labute approximate surface area is 87.7 Å². The van der Waals surface area contributed by atoms with Gasteiger partial charge in [0.15, 0.2) is 0 Å². The lowest BCUT2D eigenvalue weighted by atomic mass is 10.2. The monoisotopic (exact) mass is 262 g/mol. The third-order valence-electron chi connectivity index (χ3n) is 1.52. The van der Waals surface area contributed by atoms with E-state index < -0.39 is 31.9 Å². The van der Waals surface area contributed by atoms with Crippen LogP contribution in [-0.4, -0.2) is 8.42 Å². The first kappa shape index (κ1) is 12.3. The van der Waals surface area contributed by atoms with Gasteiger partial charge in [-0.2, -0.15) is 21.6 Å². The fourth-order valence-corrected chi connectivity index (χ4v) is 1.83. The summed E-state index contributed by atoms with van der Waals surface area (Å²) in [5.74, 6) is 0. The fraction of sp³-hybridized carbons (Fsp3) is 0.143. The summed E-state index contributed by atoms with van der Waals surface area (Å²) in [7, 11) is -5.25. The van der Waals surface area contributed by atoms with Crippen LogP contribution in [-0.2, 0) is 16.4 Å². The third kappa shape index (κ3) is 2.82. The number of hydrogen-bond acceptors (Lipinski definition) is 2. The predicted octanol–water partition coefficient (Wildman–Crippen LogP) is 3.02. The summed E-state index contributed by atoms with van der Waals surface area (Å²) in [5.41, 5.74) is -1.27. The van der Waals surface area contributed by atoms with E-state index in [1.807, 2.05) is 0 Å². The summed E-state index contributed by atoms with van der Waals surface area (Å²) in [6.45, 7) is 0. The van der Waals surface area contributed by atoms with Crippen LogP contribution >= 0.6 is 11.6 Å². The molecule has 0 unspecified atom stereocenters. The van der Waals surface area contributed by atoms with E-state index in [0.717, 1.165) is 0 Å². The molecule has 0 spiro atoms. The molecule has 0 saturated carbocycles. The van der Waals surface area contributed by atoms with Crippen molar-refractivity contribution in [1.82, 2.24) is 0 Å². The SMILES string of the molecule is O=S(=O)(F)c1cc(C(F)(F)F)ccc1Cl. The Bertz CT molecular complexity index is 480. The van der Waals surface area contributed by atoms with Crippen molar-refractivity contribution in [3.8, 4) is 0 Å². The van der Waals surface area contributed by atoms with Gasteiger partial charge in [0.1, 0.15) is 4.90 Å². The van der Waals surface area contributed by atoms with E-state index in [0.29, 0.717) is 12.1 Å². The minimum absolute atomic E-state index is 0.150. The molecule has 1 aromatic rings. The van der Waals surface area contributed by atoms with Crippen molar-refractivity contribution in [3.05, 3.63) is 28.8 Å². The zero-order chi connectivity index (χ0) is 11.9. The zero-order valence-electron chi connectivity index (χ0n) is 6.85. The Morgan fingerprint density at radius 3 is 2.13 bits per heavy atom. The highest BCUT2D eigenvalue weighted by Gasteiger charge is 2.32. The van der Waals surface area contributed by atoms with E-state index in [2.05, 4.69) is 0 Å². The molecule has 0 saturated heterocycles. The Kier molecular flexibility index (Phi) is 2.97. The molecule has 0 aliphatic heterocycles. The third-order valence-corrected chi connectivity index (χ3v) is 2.83. The van der Waals surface area contributed by atoms with Crippen LogP contribution in [0.3, 0.4) is 0 Å². The Balaban J connectivity index is 3.43. The van der Waals surface area contributed by atoms with Gasteiger partial charge in [0.25, 0.3) is 0 Å². The maximum Gasteiger partial charge on any atom is 0.416 e. The second-order valence-electron chi connectivity index (χ2n) is 2.58. The molecule has 8 heteroatoms. The van der Waals surface area contributed by atoms with Crippen molar-refractivity contribution in [3.63, 3.8) is 0 Å². The Hall–Kier alpha value is -0.820. The van der Waals surface area contributed by atoms with Crippen molar-refractivity contribution in [2.75, 3.05) is 0 Å². The lowest BCUT2D eigenvalue weighted by Crippen LogP contribution is -2.06. The molecular weight excluding hydrogens is 260 g/mol. The number of alkyl halides is 3. The van der Waals surface area contributed by atoms with Crippen molar-refractivity contribution >= 4 is 21.8 Å². The molecule has 84 valence electrons. The maximum absolute atomic E-state index is 12.5. The molecule has 0 atom stereocenters. The second-order valence-corrected chi connectivity index (χ2v) is 4.30. The van der Waals surface area contributed by atoms with Gasteiger partial charge in [-0.15, -0.1) is 3.89 Å². The summed E-state index contributed by atoms with van der Waals surface area (Å²) >= 11 is 5.24. The molecule has 0 fully saturated rings. The molecule has 0 aromatic heterocycles. The first-order chi connectivity index (χ1) is 6.62. The molecule has 15 heavy (non-hydrogen) atoms. The largest absolute Gasteiger partial charge is 0.416 e. The van der Waals surface area contributed by atoms with E-state index in [1.54, 1.807) is 0 Å². The molecule has 0 radical (unpaired) electrons. The minimum Gasteiger partial charge on any atom is -0.189 e. The van der Waals surface area contributed by atoms with Gasteiger partial charge in [-0.3, -0.25) is 0 Å². The van der Waals surface area contributed by atoms with Crippen molar-refractivity contribution in [1.29, 1.82) is 0 Å². The molecule has 0 N–H and O–H groups in total. The van der Waals surface area contributed by atoms with Crippen LogP contribution in [0, 0.1) is 0 Å². The molecule has 0 bridgehead atoms. The van der Waals surface area contributed by atoms with Gasteiger partial charge < -0.3 is 0 Å².